The van der Waals surface area contributed by atoms with E-state index in [1.54, 1.807) is 0 Å². The Labute approximate surface area is 97.2 Å². The number of nitrogens with two attached hydrogens (primary N) is 1. The Morgan fingerprint density at radius 2 is 2.18 bits per heavy atom. The summed E-state index contributed by atoms with van der Waals surface area (Å²) in [5.41, 5.74) is 4.51. The quantitative estimate of drug-likeness (QED) is 0.684. The van der Waals surface area contributed by atoms with Gasteiger partial charge in [0.05, 0.1) is 0 Å². The topological polar surface area (TPSA) is 104 Å². The first kappa shape index (κ1) is 12.9. The molecule has 0 saturated carbocycles. The molecule has 0 saturated heterocycles. The van der Waals surface area contributed by atoms with Crippen LogP contribution in [0.5, 0.6) is 0 Å². The molecule has 0 atom stereocenters. The second-order valence-corrected chi connectivity index (χ2v) is 3.32. The highest BCUT2D eigenvalue weighted by Crippen LogP contribution is 1.95. The fraction of sp³-hybridized carbons (Fsp3) is 0.400. The van der Waals surface area contributed by atoms with E-state index in [4.69, 9.17) is 5.73 Å². The van der Waals surface area contributed by atoms with E-state index in [1.165, 1.54) is 16.8 Å². The molecular formula is C10H13N3O4. The maximum absolute atomic E-state index is 11.4. The van der Waals surface area contributed by atoms with Crippen molar-refractivity contribution in [2.75, 3.05) is 6.61 Å². The van der Waals surface area contributed by atoms with Crippen molar-refractivity contribution in [3.05, 3.63) is 28.2 Å². The summed E-state index contributed by atoms with van der Waals surface area (Å²) >= 11 is 0. The molecule has 0 radical (unpaired) electrons. The number of hydrogen-bond acceptors (Lipinski definition) is 5. The van der Waals surface area contributed by atoms with Crippen LogP contribution in [0.15, 0.2) is 16.9 Å². The number of amides is 1. The average Bonchev–Trinajstić information content (AvgIpc) is 2.29. The summed E-state index contributed by atoms with van der Waals surface area (Å²) in [7, 11) is 0. The van der Waals surface area contributed by atoms with Crippen molar-refractivity contribution in [2.24, 2.45) is 5.73 Å². The molecule has 1 aromatic heterocycles. The lowest BCUT2D eigenvalue weighted by Crippen LogP contribution is -2.26. The van der Waals surface area contributed by atoms with Crippen LogP contribution in [0.4, 0.5) is 0 Å². The lowest BCUT2D eigenvalue weighted by Gasteiger charge is -2.05. The van der Waals surface area contributed by atoms with Crippen molar-refractivity contribution in [1.29, 1.82) is 0 Å². The molecule has 0 aliphatic heterocycles. The smallest absolute Gasteiger partial charge is 0.359 e. The third kappa shape index (κ3) is 3.71. The third-order valence-electron chi connectivity index (χ3n) is 1.86. The fourth-order valence-electron chi connectivity index (χ4n) is 1.14. The number of ether oxygens (including phenoxy) is 1. The Morgan fingerprint density at radius 1 is 1.47 bits per heavy atom. The molecule has 0 fully saturated rings. The summed E-state index contributed by atoms with van der Waals surface area (Å²) in [6.07, 6.45) is 0.715. The molecule has 0 aliphatic rings. The highest BCUT2D eigenvalue weighted by molar-refractivity contribution is 5.89. The zero-order valence-corrected chi connectivity index (χ0v) is 9.38. The highest BCUT2D eigenvalue weighted by atomic mass is 16.5. The van der Waals surface area contributed by atoms with Gasteiger partial charge in [-0.3, -0.25) is 9.59 Å². The molecule has 0 unspecified atom stereocenters. The van der Waals surface area contributed by atoms with Gasteiger partial charge in [-0.15, -0.1) is 0 Å². The zero-order valence-electron chi connectivity index (χ0n) is 9.38. The molecule has 17 heavy (non-hydrogen) atoms. The monoisotopic (exact) mass is 239 g/mol. The van der Waals surface area contributed by atoms with Crippen molar-refractivity contribution in [3.63, 3.8) is 0 Å². The zero-order chi connectivity index (χ0) is 12.8. The minimum atomic E-state index is -0.784. The number of carbonyl (C=O) groups is 2. The van der Waals surface area contributed by atoms with Gasteiger partial charge >= 0.3 is 5.97 Å². The molecule has 0 spiro atoms. The number of nitrogens with zero attached hydrogens (tertiary/aromatic N) is 2. The van der Waals surface area contributed by atoms with Crippen molar-refractivity contribution in [1.82, 2.24) is 9.78 Å². The lowest BCUT2D eigenvalue weighted by atomic mass is 10.4. The van der Waals surface area contributed by atoms with Gasteiger partial charge in [-0.25, -0.2) is 9.48 Å². The van der Waals surface area contributed by atoms with Crippen molar-refractivity contribution in [2.45, 2.75) is 19.9 Å². The molecular weight excluding hydrogens is 226 g/mol. The SMILES string of the molecule is CCCn1nc(C(=O)OCC(N)=O)ccc1=O. The van der Waals surface area contributed by atoms with Gasteiger partial charge in [0.1, 0.15) is 0 Å². The Morgan fingerprint density at radius 3 is 2.76 bits per heavy atom. The standard InChI is InChI=1S/C10H13N3O4/c1-2-5-13-9(15)4-3-7(12-13)10(16)17-6-8(11)14/h3-4H,2,5-6H2,1H3,(H2,11,14). The molecule has 1 aromatic rings. The van der Waals surface area contributed by atoms with E-state index < -0.39 is 18.5 Å². The van der Waals surface area contributed by atoms with Crippen molar-refractivity contribution < 1.29 is 14.3 Å². The van der Waals surface area contributed by atoms with Gasteiger partial charge < -0.3 is 10.5 Å². The van der Waals surface area contributed by atoms with E-state index in [0.717, 1.165) is 0 Å². The second-order valence-electron chi connectivity index (χ2n) is 3.32. The number of hydrogen-bond donors (Lipinski definition) is 1. The fourth-order valence-corrected chi connectivity index (χ4v) is 1.14. The molecule has 0 aliphatic carbocycles. The van der Waals surface area contributed by atoms with Crippen LogP contribution in [0.1, 0.15) is 23.8 Å². The van der Waals surface area contributed by atoms with Gasteiger partial charge in [-0.1, -0.05) is 6.92 Å². The number of esters is 1. The third-order valence-corrected chi connectivity index (χ3v) is 1.86. The minimum Gasteiger partial charge on any atom is -0.451 e. The number of carbonyl (C=O) groups excluding carboxylic acids is 2. The van der Waals surface area contributed by atoms with Crippen LogP contribution >= 0.6 is 0 Å². The van der Waals surface area contributed by atoms with Gasteiger partial charge in [0, 0.05) is 12.6 Å². The van der Waals surface area contributed by atoms with Crippen LogP contribution < -0.4 is 11.3 Å². The first-order valence-corrected chi connectivity index (χ1v) is 5.08. The predicted octanol–water partition coefficient (Wildman–Crippen LogP) is -0.705. The van der Waals surface area contributed by atoms with E-state index in [-0.39, 0.29) is 11.3 Å². The van der Waals surface area contributed by atoms with Gasteiger partial charge in [0.2, 0.25) is 0 Å². The summed E-state index contributed by atoms with van der Waals surface area (Å²) in [6.45, 7) is 1.79. The Bertz CT molecular complexity index is 481. The molecule has 2 N–H and O–H groups in total. The summed E-state index contributed by atoms with van der Waals surface area (Å²) in [6, 6.07) is 2.47. The predicted molar refractivity (Wildman–Crippen MR) is 58.3 cm³/mol. The van der Waals surface area contributed by atoms with Crippen LogP contribution in [-0.2, 0) is 16.1 Å². The summed E-state index contributed by atoms with van der Waals surface area (Å²) in [5, 5.41) is 3.82. The second kappa shape index (κ2) is 5.78. The van der Waals surface area contributed by atoms with Crippen LogP contribution in [0, 0.1) is 0 Å². The average molecular weight is 239 g/mol. The van der Waals surface area contributed by atoms with Crippen LogP contribution in [-0.4, -0.2) is 28.3 Å². The number of aromatic nitrogens is 2. The van der Waals surface area contributed by atoms with Gasteiger partial charge in [-0.2, -0.15) is 5.10 Å². The molecule has 7 nitrogen and oxygen atoms in total. The minimum absolute atomic E-state index is 0.0284. The molecule has 1 heterocycles. The maximum atomic E-state index is 11.4. The molecule has 1 amide bonds. The van der Waals surface area contributed by atoms with E-state index in [0.29, 0.717) is 13.0 Å². The molecule has 7 heteroatoms. The Balaban J connectivity index is 2.84. The largest absolute Gasteiger partial charge is 0.451 e. The number of aryl methyl sites for hydroxylation is 1. The van der Waals surface area contributed by atoms with Crippen LogP contribution in [0.2, 0.25) is 0 Å². The first-order valence-electron chi connectivity index (χ1n) is 5.08. The van der Waals surface area contributed by atoms with E-state index in [9.17, 15) is 14.4 Å². The summed E-state index contributed by atoms with van der Waals surface area (Å²) in [4.78, 5) is 33.2. The molecule has 1 rings (SSSR count). The Hall–Kier alpha value is -2.18. The lowest BCUT2D eigenvalue weighted by molar-refractivity contribution is -0.121. The van der Waals surface area contributed by atoms with Crippen molar-refractivity contribution in [3.8, 4) is 0 Å². The van der Waals surface area contributed by atoms with Gasteiger partial charge in [0.15, 0.2) is 12.3 Å². The van der Waals surface area contributed by atoms with E-state index in [1.807, 2.05) is 6.92 Å². The number of primary amides is 1. The van der Waals surface area contributed by atoms with E-state index >= 15 is 0 Å². The molecule has 0 bridgehead atoms. The number of rotatable bonds is 5. The van der Waals surface area contributed by atoms with Crippen molar-refractivity contribution >= 4 is 11.9 Å². The van der Waals surface area contributed by atoms with Crippen LogP contribution in [0.3, 0.4) is 0 Å². The Kier molecular flexibility index (Phi) is 4.38. The maximum Gasteiger partial charge on any atom is 0.359 e. The van der Waals surface area contributed by atoms with Crippen LogP contribution in [0.25, 0.3) is 0 Å². The summed E-state index contributed by atoms with van der Waals surface area (Å²) in [5.74, 6) is -1.53. The molecule has 92 valence electrons. The normalized spacial score (nSPS) is 9.94. The molecule has 0 aromatic carbocycles. The van der Waals surface area contributed by atoms with Gasteiger partial charge in [-0.05, 0) is 12.5 Å². The van der Waals surface area contributed by atoms with Gasteiger partial charge in [0.25, 0.3) is 11.5 Å². The summed E-state index contributed by atoms with van der Waals surface area (Å²) < 4.78 is 5.74. The highest BCUT2D eigenvalue weighted by Gasteiger charge is 2.11. The van der Waals surface area contributed by atoms with E-state index in [2.05, 4.69) is 9.84 Å². The first-order chi connectivity index (χ1) is 8.04.